The van der Waals surface area contributed by atoms with Crippen molar-refractivity contribution in [2.75, 3.05) is 6.54 Å². The summed E-state index contributed by atoms with van der Waals surface area (Å²) >= 11 is 0. The fourth-order valence-corrected chi connectivity index (χ4v) is 3.22. The molecule has 17 nitrogen and oxygen atoms in total. The molecule has 0 aliphatic carbocycles. The van der Waals surface area contributed by atoms with Crippen molar-refractivity contribution >= 4 is 35.6 Å². The van der Waals surface area contributed by atoms with Crippen LogP contribution >= 0.6 is 0 Å². The van der Waals surface area contributed by atoms with Gasteiger partial charge in [-0.05, 0) is 26.2 Å². The van der Waals surface area contributed by atoms with Crippen LogP contribution in [0.4, 0.5) is 0 Å². The van der Waals surface area contributed by atoms with Gasteiger partial charge < -0.3 is 54.1 Å². The maximum atomic E-state index is 13.0. The quantitative estimate of drug-likeness (QED) is 0.0510. The van der Waals surface area contributed by atoms with E-state index in [1.807, 2.05) is 0 Å². The molecule has 0 aliphatic rings. The van der Waals surface area contributed by atoms with Gasteiger partial charge in [0.2, 0.25) is 23.6 Å². The van der Waals surface area contributed by atoms with Crippen molar-refractivity contribution in [1.29, 1.82) is 0 Å². The van der Waals surface area contributed by atoms with Crippen LogP contribution in [0.5, 0.6) is 0 Å². The zero-order valence-corrected chi connectivity index (χ0v) is 20.9. The van der Waals surface area contributed by atoms with E-state index < -0.39 is 59.9 Å². The third-order valence-electron chi connectivity index (χ3n) is 5.27. The van der Waals surface area contributed by atoms with Gasteiger partial charge in [-0.3, -0.25) is 24.2 Å². The van der Waals surface area contributed by atoms with E-state index in [9.17, 15) is 34.2 Å². The zero-order valence-electron chi connectivity index (χ0n) is 20.9. The number of nitrogens with two attached hydrogens (primary N) is 4. The zero-order chi connectivity index (χ0) is 28.8. The number of hydrogen-bond acceptors (Lipinski definition) is 9. The van der Waals surface area contributed by atoms with E-state index >= 15 is 0 Å². The lowest BCUT2D eigenvalue weighted by Gasteiger charge is -2.26. The summed E-state index contributed by atoms with van der Waals surface area (Å²) in [5.41, 5.74) is 21.8. The average molecular weight is 541 g/mol. The maximum absolute atomic E-state index is 13.0. The summed E-state index contributed by atoms with van der Waals surface area (Å²) in [4.78, 5) is 71.3. The van der Waals surface area contributed by atoms with Crippen molar-refractivity contribution < 1.29 is 34.2 Å². The number of aliphatic carboxylic acids is 1. The van der Waals surface area contributed by atoms with Crippen LogP contribution in [0.1, 0.15) is 38.3 Å². The highest BCUT2D eigenvalue weighted by molar-refractivity contribution is 5.94. The number of hydrogen-bond donors (Lipinski definition) is 10. The van der Waals surface area contributed by atoms with Gasteiger partial charge in [0.15, 0.2) is 5.96 Å². The number of rotatable bonds is 17. The first kappa shape index (κ1) is 31.8. The molecule has 212 valence electrons. The molecule has 1 aromatic rings. The largest absolute Gasteiger partial charge is 0.480 e. The van der Waals surface area contributed by atoms with Crippen LogP contribution in [0.2, 0.25) is 0 Å². The number of amides is 4. The summed E-state index contributed by atoms with van der Waals surface area (Å²) in [6.07, 6.45) is 1.21. The minimum Gasteiger partial charge on any atom is -0.480 e. The lowest BCUT2D eigenvalue weighted by Crippen LogP contribution is -2.59. The molecule has 38 heavy (non-hydrogen) atoms. The summed E-state index contributed by atoms with van der Waals surface area (Å²) in [6, 6.07) is -5.33. The summed E-state index contributed by atoms with van der Waals surface area (Å²) in [5, 5.41) is 26.7. The molecule has 0 saturated heterocycles. The Balaban J connectivity index is 2.99. The first-order chi connectivity index (χ1) is 17.8. The van der Waals surface area contributed by atoms with Crippen LogP contribution in [-0.2, 0) is 30.4 Å². The number of aromatic nitrogens is 2. The first-order valence-electron chi connectivity index (χ1n) is 11.7. The Morgan fingerprint density at radius 1 is 1.03 bits per heavy atom. The van der Waals surface area contributed by atoms with Crippen LogP contribution in [0, 0.1) is 0 Å². The molecule has 5 unspecified atom stereocenters. The van der Waals surface area contributed by atoms with Gasteiger partial charge in [-0.1, -0.05) is 0 Å². The number of aliphatic hydroxyl groups is 1. The number of aliphatic imine (C=N–C) groups is 1. The minimum absolute atomic E-state index is 0.0106. The fourth-order valence-electron chi connectivity index (χ4n) is 3.22. The number of aromatic amines is 1. The molecular formula is C21H36N10O7. The highest BCUT2D eigenvalue weighted by Gasteiger charge is 2.32. The normalized spacial score (nSPS) is 14.7. The third kappa shape index (κ3) is 11.7. The van der Waals surface area contributed by atoms with E-state index in [1.54, 1.807) is 0 Å². The number of guanidine groups is 1. The molecular weight excluding hydrogens is 504 g/mol. The predicted molar refractivity (Wildman–Crippen MR) is 134 cm³/mol. The van der Waals surface area contributed by atoms with E-state index in [2.05, 4.69) is 30.9 Å². The summed E-state index contributed by atoms with van der Waals surface area (Å²) in [6.45, 7) is 1.35. The second kappa shape index (κ2) is 15.8. The van der Waals surface area contributed by atoms with Crippen LogP contribution < -0.4 is 38.9 Å². The van der Waals surface area contributed by atoms with Crippen molar-refractivity contribution in [3.8, 4) is 0 Å². The number of nitrogens with one attached hydrogen (secondary N) is 4. The topological polar surface area (TPSA) is 307 Å². The van der Waals surface area contributed by atoms with Gasteiger partial charge in [-0.25, -0.2) is 9.78 Å². The van der Waals surface area contributed by atoms with E-state index in [0.717, 1.165) is 0 Å². The van der Waals surface area contributed by atoms with Gasteiger partial charge in [0.05, 0.1) is 18.5 Å². The van der Waals surface area contributed by atoms with Crippen molar-refractivity contribution in [3.05, 3.63) is 18.2 Å². The Hall–Kier alpha value is -4.25. The van der Waals surface area contributed by atoms with Crippen LogP contribution in [0.25, 0.3) is 0 Å². The lowest BCUT2D eigenvalue weighted by atomic mass is 10.1. The molecule has 0 saturated carbocycles. The van der Waals surface area contributed by atoms with Gasteiger partial charge >= 0.3 is 5.97 Å². The number of nitrogens with zero attached hydrogens (tertiary/aromatic N) is 2. The first-order valence-corrected chi connectivity index (χ1v) is 11.7. The minimum atomic E-state index is -1.52. The molecule has 5 atom stereocenters. The Labute approximate surface area is 218 Å². The predicted octanol–water partition coefficient (Wildman–Crippen LogP) is -4.48. The van der Waals surface area contributed by atoms with Gasteiger partial charge in [0.25, 0.3) is 0 Å². The number of carbonyl (C=O) groups excluding carboxylic acids is 4. The Kier molecular flexibility index (Phi) is 13.2. The fraction of sp³-hybridized carbons (Fsp3) is 0.571. The molecule has 0 aromatic carbocycles. The SMILES string of the molecule is CC(O)C(NC(=O)C(N)CCC(N)=O)C(=O)NC(CCCN=C(N)N)C(=O)NC(Cc1cnc[nH]1)C(=O)O. The summed E-state index contributed by atoms with van der Waals surface area (Å²) < 4.78 is 0. The highest BCUT2D eigenvalue weighted by Crippen LogP contribution is 2.05. The van der Waals surface area contributed by atoms with Gasteiger partial charge in [-0.15, -0.1) is 0 Å². The van der Waals surface area contributed by atoms with Crippen molar-refractivity contribution in [2.24, 2.45) is 27.9 Å². The molecule has 0 spiro atoms. The van der Waals surface area contributed by atoms with E-state index in [0.29, 0.717) is 5.69 Å². The summed E-state index contributed by atoms with van der Waals surface area (Å²) in [7, 11) is 0. The molecule has 0 fully saturated rings. The molecule has 0 radical (unpaired) electrons. The highest BCUT2D eigenvalue weighted by atomic mass is 16.4. The molecule has 17 heteroatoms. The standard InChI is InChI=1S/C21H36N10O7/c1-10(32)16(31-17(34)12(22)4-5-15(23)33)19(36)29-13(3-2-6-27-21(24)25)18(35)30-14(20(37)38)7-11-8-26-9-28-11/h8-10,12-14,16,32H,2-7,22H2,1H3,(H2,23,33)(H,26,28)(H,29,36)(H,30,35)(H,31,34)(H,37,38)(H4,24,25,27). The van der Waals surface area contributed by atoms with E-state index in [4.69, 9.17) is 22.9 Å². The molecule has 1 rings (SSSR count). The molecule has 4 amide bonds. The van der Waals surface area contributed by atoms with Gasteiger partial charge in [-0.2, -0.15) is 0 Å². The van der Waals surface area contributed by atoms with Gasteiger partial charge in [0, 0.05) is 31.3 Å². The number of aliphatic hydroxyl groups excluding tert-OH is 1. The monoisotopic (exact) mass is 540 g/mol. The summed E-state index contributed by atoms with van der Waals surface area (Å²) in [5.74, 6) is -4.75. The number of carboxylic acids is 1. The number of primary amides is 1. The second-order valence-corrected chi connectivity index (χ2v) is 8.53. The Morgan fingerprint density at radius 3 is 2.21 bits per heavy atom. The van der Waals surface area contributed by atoms with Crippen LogP contribution in [-0.4, -0.2) is 92.6 Å². The number of H-pyrrole nitrogens is 1. The third-order valence-corrected chi connectivity index (χ3v) is 5.27. The molecule has 14 N–H and O–H groups in total. The van der Waals surface area contributed by atoms with Crippen molar-refractivity contribution in [3.63, 3.8) is 0 Å². The maximum Gasteiger partial charge on any atom is 0.326 e. The second-order valence-electron chi connectivity index (χ2n) is 8.53. The number of imidazole rings is 1. The molecule has 0 aliphatic heterocycles. The molecule has 1 aromatic heterocycles. The van der Waals surface area contributed by atoms with Crippen LogP contribution in [0.15, 0.2) is 17.5 Å². The molecule has 0 bridgehead atoms. The Morgan fingerprint density at radius 2 is 1.68 bits per heavy atom. The Bertz CT molecular complexity index is 979. The number of carboxylic acid groups (broad SMARTS) is 1. The van der Waals surface area contributed by atoms with E-state index in [-0.39, 0.29) is 44.6 Å². The van der Waals surface area contributed by atoms with Crippen molar-refractivity contribution in [1.82, 2.24) is 25.9 Å². The van der Waals surface area contributed by atoms with E-state index in [1.165, 1.54) is 19.4 Å². The lowest BCUT2D eigenvalue weighted by molar-refractivity contribution is -0.142. The molecule has 1 heterocycles. The smallest absolute Gasteiger partial charge is 0.326 e. The van der Waals surface area contributed by atoms with Gasteiger partial charge in [0.1, 0.15) is 18.1 Å². The van der Waals surface area contributed by atoms with Crippen molar-refractivity contribution in [2.45, 2.75) is 69.3 Å². The number of carbonyl (C=O) groups is 5. The van der Waals surface area contributed by atoms with Crippen LogP contribution in [0.3, 0.4) is 0 Å². The average Bonchev–Trinajstić information content (AvgIpc) is 3.34.